The van der Waals surface area contributed by atoms with E-state index in [1.54, 1.807) is 30.3 Å². The van der Waals surface area contributed by atoms with E-state index in [9.17, 15) is 19.5 Å². The molecule has 4 aromatic rings. The summed E-state index contributed by atoms with van der Waals surface area (Å²) in [7, 11) is 0. The van der Waals surface area contributed by atoms with Gasteiger partial charge in [0.2, 0.25) is 5.91 Å². The van der Waals surface area contributed by atoms with Crippen LogP contribution < -0.4 is 10.6 Å². The standard InChI is InChI=1S/C27H22N2O4S/c1-17(25(30)29-24-15-6-9-18-8-2-3-12-21(18)24)34-20-11-7-10-19(16-20)28-26(31)22-13-4-5-14-23(22)27(32)33/h2-17H,1H3,(H,28,31)(H,29,30)(H,32,33). The Morgan fingerprint density at radius 3 is 2.26 bits per heavy atom. The molecule has 6 nitrogen and oxygen atoms in total. The molecule has 34 heavy (non-hydrogen) atoms. The second-order valence-corrected chi connectivity index (χ2v) is 9.02. The second-order valence-electron chi connectivity index (χ2n) is 7.61. The molecular formula is C27H22N2O4S. The number of carbonyl (C=O) groups excluding carboxylic acids is 2. The molecule has 0 aliphatic carbocycles. The Labute approximate surface area is 201 Å². The molecule has 0 aliphatic rings. The smallest absolute Gasteiger partial charge is 0.336 e. The molecule has 0 radical (unpaired) electrons. The van der Waals surface area contributed by atoms with Crippen LogP contribution in [-0.4, -0.2) is 28.1 Å². The lowest BCUT2D eigenvalue weighted by atomic mass is 10.1. The van der Waals surface area contributed by atoms with Crippen LogP contribution in [0.5, 0.6) is 0 Å². The predicted octanol–water partition coefficient (Wildman–Crippen LogP) is 5.91. The Morgan fingerprint density at radius 2 is 1.47 bits per heavy atom. The van der Waals surface area contributed by atoms with Crippen LogP contribution in [0.3, 0.4) is 0 Å². The number of carbonyl (C=O) groups is 3. The summed E-state index contributed by atoms with van der Waals surface area (Å²) in [5.74, 6) is -1.81. The van der Waals surface area contributed by atoms with Crippen molar-refractivity contribution in [2.75, 3.05) is 10.6 Å². The minimum absolute atomic E-state index is 0.0655. The number of anilines is 2. The van der Waals surface area contributed by atoms with Gasteiger partial charge in [-0.05, 0) is 48.7 Å². The fraction of sp³-hybridized carbons (Fsp3) is 0.0741. The van der Waals surface area contributed by atoms with Gasteiger partial charge in [0, 0.05) is 21.7 Å². The molecule has 0 saturated carbocycles. The number of carboxylic acids is 1. The summed E-state index contributed by atoms with van der Waals surface area (Å²) in [5, 5.41) is 16.7. The molecule has 1 unspecified atom stereocenters. The zero-order valence-electron chi connectivity index (χ0n) is 18.3. The van der Waals surface area contributed by atoms with E-state index < -0.39 is 17.1 Å². The number of thioether (sulfide) groups is 1. The summed E-state index contributed by atoms with van der Waals surface area (Å²) in [4.78, 5) is 37.7. The first-order valence-electron chi connectivity index (χ1n) is 10.6. The molecule has 2 amide bonds. The van der Waals surface area contributed by atoms with E-state index in [1.165, 1.54) is 23.9 Å². The van der Waals surface area contributed by atoms with Gasteiger partial charge >= 0.3 is 5.97 Å². The van der Waals surface area contributed by atoms with E-state index in [1.807, 2.05) is 55.5 Å². The van der Waals surface area contributed by atoms with Crippen molar-refractivity contribution in [3.8, 4) is 0 Å². The number of rotatable bonds is 7. The number of nitrogens with one attached hydrogen (secondary N) is 2. The molecule has 7 heteroatoms. The third kappa shape index (κ3) is 5.27. The summed E-state index contributed by atoms with van der Waals surface area (Å²) in [6.07, 6.45) is 0. The molecule has 170 valence electrons. The van der Waals surface area contributed by atoms with Crippen molar-refractivity contribution in [3.63, 3.8) is 0 Å². The highest BCUT2D eigenvalue weighted by atomic mass is 32.2. The van der Waals surface area contributed by atoms with E-state index in [0.717, 1.165) is 21.4 Å². The maximum atomic E-state index is 12.9. The van der Waals surface area contributed by atoms with Crippen LogP contribution >= 0.6 is 11.8 Å². The van der Waals surface area contributed by atoms with E-state index in [0.29, 0.717) is 5.69 Å². The third-order valence-corrected chi connectivity index (χ3v) is 6.32. The number of aromatic carboxylic acids is 1. The summed E-state index contributed by atoms with van der Waals surface area (Å²) in [6, 6.07) is 26.8. The Hall–Kier alpha value is -4.10. The van der Waals surface area contributed by atoms with Gasteiger partial charge in [-0.15, -0.1) is 11.8 Å². The zero-order chi connectivity index (χ0) is 24.1. The van der Waals surface area contributed by atoms with Crippen LogP contribution in [0.1, 0.15) is 27.6 Å². The topological polar surface area (TPSA) is 95.5 Å². The molecule has 4 rings (SSSR count). The lowest BCUT2D eigenvalue weighted by Crippen LogP contribution is -2.22. The number of carboxylic acid groups (broad SMARTS) is 1. The maximum absolute atomic E-state index is 12.9. The Kier molecular flexibility index (Phi) is 6.94. The Bertz CT molecular complexity index is 1380. The van der Waals surface area contributed by atoms with Gasteiger partial charge in [0.25, 0.3) is 5.91 Å². The number of amides is 2. The summed E-state index contributed by atoms with van der Waals surface area (Å²) in [6.45, 7) is 1.82. The summed E-state index contributed by atoms with van der Waals surface area (Å²) in [5.41, 5.74) is 1.28. The minimum atomic E-state index is -1.17. The van der Waals surface area contributed by atoms with Crippen LogP contribution in [0.4, 0.5) is 11.4 Å². The first-order valence-corrected chi connectivity index (χ1v) is 11.5. The molecule has 0 bridgehead atoms. The first kappa shape index (κ1) is 23.1. The lowest BCUT2D eigenvalue weighted by Gasteiger charge is -2.14. The molecule has 0 aromatic heterocycles. The fourth-order valence-corrected chi connectivity index (χ4v) is 4.47. The molecule has 4 aromatic carbocycles. The molecule has 1 atom stereocenters. The van der Waals surface area contributed by atoms with Crippen LogP contribution in [0.2, 0.25) is 0 Å². The molecule has 3 N–H and O–H groups in total. The maximum Gasteiger partial charge on any atom is 0.336 e. The first-order chi connectivity index (χ1) is 16.4. The van der Waals surface area contributed by atoms with Gasteiger partial charge in [-0.25, -0.2) is 4.79 Å². The predicted molar refractivity (Wildman–Crippen MR) is 136 cm³/mol. The average molecular weight is 471 g/mol. The largest absolute Gasteiger partial charge is 0.478 e. The minimum Gasteiger partial charge on any atom is -0.478 e. The van der Waals surface area contributed by atoms with Crippen molar-refractivity contribution < 1.29 is 19.5 Å². The quantitative estimate of drug-likeness (QED) is 0.292. The fourth-order valence-electron chi connectivity index (χ4n) is 3.54. The van der Waals surface area contributed by atoms with Gasteiger partial charge < -0.3 is 15.7 Å². The highest BCUT2D eigenvalue weighted by Gasteiger charge is 2.18. The molecule has 0 heterocycles. The Balaban J connectivity index is 1.44. The molecule has 0 saturated heterocycles. The van der Waals surface area contributed by atoms with Gasteiger partial charge in [-0.2, -0.15) is 0 Å². The summed E-state index contributed by atoms with van der Waals surface area (Å²) >= 11 is 1.36. The highest BCUT2D eigenvalue weighted by Crippen LogP contribution is 2.28. The van der Waals surface area contributed by atoms with Crippen LogP contribution in [-0.2, 0) is 4.79 Å². The van der Waals surface area contributed by atoms with Crippen molar-refractivity contribution in [1.82, 2.24) is 0 Å². The van der Waals surface area contributed by atoms with E-state index >= 15 is 0 Å². The monoisotopic (exact) mass is 470 g/mol. The highest BCUT2D eigenvalue weighted by molar-refractivity contribution is 8.00. The molecule has 0 spiro atoms. The second kappa shape index (κ2) is 10.2. The number of hydrogen-bond donors (Lipinski definition) is 3. The van der Waals surface area contributed by atoms with Crippen LogP contribution in [0, 0.1) is 0 Å². The van der Waals surface area contributed by atoms with Crippen molar-refractivity contribution in [2.45, 2.75) is 17.1 Å². The van der Waals surface area contributed by atoms with Gasteiger partial charge in [-0.1, -0.05) is 54.6 Å². The normalized spacial score (nSPS) is 11.6. The lowest BCUT2D eigenvalue weighted by molar-refractivity contribution is -0.115. The van der Waals surface area contributed by atoms with E-state index in [-0.39, 0.29) is 17.0 Å². The molecule has 0 fully saturated rings. The van der Waals surface area contributed by atoms with E-state index in [4.69, 9.17) is 0 Å². The zero-order valence-corrected chi connectivity index (χ0v) is 19.1. The van der Waals surface area contributed by atoms with Gasteiger partial charge in [-0.3, -0.25) is 9.59 Å². The number of hydrogen-bond acceptors (Lipinski definition) is 4. The van der Waals surface area contributed by atoms with Crippen molar-refractivity contribution in [3.05, 3.63) is 102 Å². The SMILES string of the molecule is CC(Sc1cccc(NC(=O)c2ccccc2C(=O)O)c1)C(=O)Nc1cccc2ccccc12. The molecule has 0 aliphatic heterocycles. The number of fused-ring (bicyclic) bond motifs is 1. The van der Waals surface area contributed by atoms with Crippen molar-refractivity contribution >= 4 is 51.7 Å². The van der Waals surface area contributed by atoms with Crippen LogP contribution in [0.15, 0.2) is 95.9 Å². The van der Waals surface area contributed by atoms with Crippen LogP contribution in [0.25, 0.3) is 10.8 Å². The Morgan fingerprint density at radius 1 is 0.794 bits per heavy atom. The van der Waals surface area contributed by atoms with E-state index in [2.05, 4.69) is 10.6 Å². The van der Waals surface area contributed by atoms with Crippen molar-refractivity contribution in [2.24, 2.45) is 0 Å². The number of benzene rings is 4. The van der Waals surface area contributed by atoms with Gasteiger partial charge in [0.05, 0.1) is 16.4 Å². The summed E-state index contributed by atoms with van der Waals surface area (Å²) < 4.78 is 0. The van der Waals surface area contributed by atoms with Gasteiger partial charge in [0.1, 0.15) is 0 Å². The van der Waals surface area contributed by atoms with Crippen molar-refractivity contribution in [1.29, 1.82) is 0 Å². The third-order valence-electron chi connectivity index (χ3n) is 5.22. The molecular weight excluding hydrogens is 448 g/mol. The van der Waals surface area contributed by atoms with Gasteiger partial charge in [0.15, 0.2) is 0 Å². The average Bonchev–Trinajstić information content (AvgIpc) is 2.84.